The van der Waals surface area contributed by atoms with Gasteiger partial charge in [0, 0.05) is 11.6 Å². The van der Waals surface area contributed by atoms with E-state index in [2.05, 4.69) is 10.3 Å². The first-order valence-corrected chi connectivity index (χ1v) is 6.15. The Kier molecular flexibility index (Phi) is 3.64. The van der Waals surface area contributed by atoms with Gasteiger partial charge in [-0.1, -0.05) is 0 Å². The Bertz CT molecular complexity index is 578. The monoisotopic (exact) mass is 261 g/mol. The third-order valence-electron chi connectivity index (χ3n) is 3.01. The first-order chi connectivity index (χ1) is 9.01. The molecule has 0 bridgehead atoms. The lowest BCUT2D eigenvalue weighted by Crippen LogP contribution is -2.10. The molecule has 5 nitrogen and oxygen atoms in total. The second-order valence-corrected chi connectivity index (χ2v) is 4.53. The molecule has 0 aliphatic rings. The van der Waals surface area contributed by atoms with Gasteiger partial charge in [-0.3, -0.25) is 0 Å². The SMILES string of the molecule is COc1ccc(N)c(NC(C)c2cc(C)oc2C)n1. The fourth-order valence-electron chi connectivity index (χ4n) is 2.04. The van der Waals surface area contributed by atoms with Crippen molar-refractivity contribution in [2.45, 2.75) is 26.8 Å². The van der Waals surface area contributed by atoms with E-state index >= 15 is 0 Å². The van der Waals surface area contributed by atoms with Crippen LogP contribution >= 0.6 is 0 Å². The van der Waals surface area contributed by atoms with Crippen LogP contribution in [0.25, 0.3) is 0 Å². The number of ether oxygens (including phenoxy) is 1. The minimum absolute atomic E-state index is 0.0550. The molecule has 0 amide bonds. The summed E-state index contributed by atoms with van der Waals surface area (Å²) in [6, 6.07) is 5.58. The molecule has 2 heterocycles. The van der Waals surface area contributed by atoms with E-state index in [0.29, 0.717) is 17.4 Å². The molecule has 0 spiro atoms. The first kappa shape index (κ1) is 13.3. The number of pyridine rings is 1. The number of aromatic nitrogens is 1. The molecule has 2 rings (SSSR count). The molecule has 0 aliphatic carbocycles. The standard InChI is InChI=1S/C14H19N3O2/c1-8-7-11(10(3)19-8)9(2)16-14-12(15)5-6-13(17-14)18-4/h5-7,9H,15H2,1-4H3,(H,16,17). The van der Waals surface area contributed by atoms with Crippen LogP contribution in [0.5, 0.6) is 5.88 Å². The first-order valence-electron chi connectivity index (χ1n) is 6.15. The van der Waals surface area contributed by atoms with Crippen LogP contribution in [0.3, 0.4) is 0 Å². The van der Waals surface area contributed by atoms with Crippen molar-refractivity contribution in [2.24, 2.45) is 0 Å². The second-order valence-electron chi connectivity index (χ2n) is 4.53. The van der Waals surface area contributed by atoms with Crippen LogP contribution in [0.4, 0.5) is 11.5 Å². The van der Waals surface area contributed by atoms with Crippen molar-refractivity contribution < 1.29 is 9.15 Å². The van der Waals surface area contributed by atoms with Gasteiger partial charge in [-0.2, -0.15) is 4.98 Å². The summed E-state index contributed by atoms with van der Waals surface area (Å²) in [5.74, 6) is 2.95. The summed E-state index contributed by atoms with van der Waals surface area (Å²) in [6.45, 7) is 5.92. The molecule has 102 valence electrons. The minimum Gasteiger partial charge on any atom is -0.481 e. The number of nitrogen functional groups attached to an aromatic ring is 1. The molecule has 1 unspecified atom stereocenters. The third kappa shape index (κ3) is 2.81. The number of hydrogen-bond acceptors (Lipinski definition) is 5. The van der Waals surface area contributed by atoms with Crippen LogP contribution in [-0.4, -0.2) is 12.1 Å². The number of nitrogens with one attached hydrogen (secondary N) is 1. The molecule has 2 aromatic heterocycles. The Morgan fingerprint density at radius 1 is 1.37 bits per heavy atom. The Labute approximate surface area is 112 Å². The van der Waals surface area contributed by atoms with Crippen molar-refractivity contribution in [3.63, 3.8) is 0 Å². The lowest BCUT2D eigenvalue weighted by molar-refractivity contribution is 0.398. The molecule has 0 aliphatic heterocycles. The Balaban J connectivity index is 2.23. The van der Waals surface area contributed by atoms with Crippen LogP contribution in [0.15, 0.2) is 22.6 Å². The molecule has 0 saturated carbocycles. The van der Waals surface area contributed by atoms with Gasteiger partial charge >= 0.3 is 0 Å². The van der Waals surface area contributed by atoms with Crippen molar-refractivity contribution in [3.05, 3.63) is 35.3 Å². The maximum Gasteiger partial charge on any atom is 0.215 e. The number of nitrogens with zero attached hydrogens (tertiary/aromatic N) is 1. The van der Waals surface area contributed by atoms with E-state index in [9.17, 15) is 0 Å². The molecule has 0 aromatic carbocycles. The molecule has 2 aromatic rings. The van der Waals surface area contributed by atoms with Crippen LogP contribution in [0.1, 0.15) is 30.0 Å². The van der Waals surface area contributed by atoms with E-state index in [0.717, 1.165) is 17.1 Å². The molecule has 19 heavy (non-hydrogen) atoms. The van der Waals surface area contributed by atoms with Gasteiger partial charge in [-0.25, -0.2) is 0 Å². The predicted molar refractivity (Wildman–Crippen MR) is 75.4 cm³/mol. The van der Waals surface area contributed by atoms with E-state index in [4.69, 9.17) is 14.9 Å². The largest absolute Gasteiger partial charge is 0.481 e. The molecule has 1 atom stereocenters. The van der Waals surface area contributed by atoms with E-state index in [-0.39, 0.29) is 6.04 Å². The van der Waals surface area contributed by atoms with Crippen molar-refractivity contribution >= 4 is 11.5 Å². The van der Waals surface area contributed by atoms with E-state index in [1.54, 1.807) is 19.2 Å². The zero-order valence-electron chi connectivity index (χ0n) is 11.7. The summed E-state index contributed by atoms with van der Waals surface area (Å²) < 4.78 is 10.6. The molecule has 0 fully saturated rings. The van der Waals surface area contributed by atoms with Gasteiger partial charge in [-0.15, -0.1) is 0 Å². The van der Waals surface area contributed by atoms with Crippen molar-refractivity contribution in [3.8, 4) is 5.88 Å². The minimum atomic E-state index is 0.0550. The zero-order chi connectivity index (χ0) is 14.0. The Morgan fingerprint density at radius 3 is 2.68 bits per heavy atom. The smallest absolute Gasteiger partial charge is 0.215 e. The summed E-state index contributed by atoms with van der Waals surface area (Å²) in [7, 11) is 1.58. The van der Waals surface area contributed by atoms with Gasteiger partial charge in [0.25, 0.3) is 0 Å². The van der Waals surface area contributed by atoms with Crippen molar-refractivity contribution in [1.82, 2.24) is 4.98 Å². The van der Waals surface area contributed by atoms with Crippen LogP contribution < -0.4 is 15.8 Å². The molecule has 0 saturated heterocycles. The summed E-state index contributed by atoms with van der Waals surface area (Å²) >= 11 is 0. The third-order valence-corrected chi connectivity index (χ3v) is 3.01. The van der Waals surface area contributed by atoms with Crippen LogP contribution in [0.2, 0.25) is 0 Å². The van der Waals surface area contributed by atoms with Gasteiger partial charge in [0.1, 0.15) is 11.5 Å². The van der Waals surface area contributed by atoms with E-state index < -0.39 is 0 Å². The van der Waals surface area contributed by atoms with Crippen molar-refractivity contribution in [2.75, 3.05) is 18.2 Å². The maximum atomic E-state index is 5.91. The summed E-state index contributed by atoms with van der Waals surface area (Å²) in [6.07, 6.45) is 0. The Morgan fingerprint density at radius 2 is 2.11 bits per heavy atom. The van der Waals surface area contributed by atoms with Gasteiger partial charge in [-0.05, 0) is 32.9 Å². The van der Waals surface area contributed by atoms with Gasteiger partial charge in [0.15, 0.2) is 5.82 Å². The fraction of sp³-hybridized carbons (Fsp3) is 0.357. The van der Waals surface area contributed by atoms with Gasteiger partial charge in [0.2, 0.25) is 5.88 Å². The summed E-state index contributed by atoms with van der Waals surface area (Å²) in [5.41, 5.74) is 7.60. The number of nitrogens with two attached hydrogens (primary N) is 1. The maximum absolute atomic E-state index is 5.91. The average Bonchev–Trinajstić information content (AvgIpc) is 2.71. The highest BCUT2D eigenvalue weighted by Gasteiger charge is 2.14. The topological polar surface area (TPSA) is 73.3 Å². The highest BCUT2D eigenvalue weighted by Crippen LogP contribution is 2.27. The highest BCUT2D eigenvalue weighted by atomic mass is 16.5. The van der Waals surface area contributed by atoms with E-state index in [1.165, 1.54) is 0 Å². The normalized spacial score (nSPS) is 12.2. The average molecular weight is 261 g/mol. The number of furan rings is 1. The fourth-order valence-corrected chi connectivity index (χ4v) is 2.04. The number of rotatable bonds is 4. The van der Waals surface area contributed by atoms with Crippen LogP contribution in [-0.2, 0) is 0 Å². The molecular formula is C14H19N3O2. The van der Waals surface area contributed by atoms with Crippen molar-refractivity contribution in [1.29, 1.82) is 0 Å². The predicted octanol–water partition coefficient (Wildman–Crippen LogP) is 3.06. The van der Waals surface area contributed by atoms with Crippen LogP contribution in [0, 0.1) is 13.8 Å². The second kappa shape index (κ2) is 5.22. The van der Waals surface area contributed by atoms with Gasteiger partial charge in [0.05, 0.1) is 18.8 Å². The lowest BCUT2D eigenvalue weighted by atomic mass is 10.1. The number of anilines is 2. The molecule has 0 radical (unpaired) electrons. The summed E-state index contributed by atoms with van der Waals surface area (Å²) in [4.78, 5) is 4.30. The lowest BCUT2D eigenvalue weighted by Gasteiger charge is -2.16. The number of aryl methyl sites for hydroxylation is 2. The van der Waals surface area contributed by atoms with E-state index in [1.807, 2.05) is 26.8 Å². The summed E-state index contributed by atoms with van der Waals surface area (Å²) in [5, 5.41) is 3.28. The van der Waals surface area contributed by atoms with Gasteiger partial charge < -0.3 is 20.2 Å². The zero-order valence-corrected chi connectivity index (χ0v) is 11.7. The Hall–Kier alpha value is -2.17. The quantitative estimate of drug-likeness (QED) is 0.884. The number of hydrogen-bond donors (Lipinski definition) is 2. The molecule has 5 heteroatoms. The highest BCUT2D eigenvalue weighted by molar-refractivity contribution is 5.62. The molecule has 3 N–H and O–H groups in total. The molecular weight excluding hydrogens is 242 g/mol. The number of methoxy groups -OCH3 is 1.